The highest BCUT2D eigenvalue weighted by Crippen LogP contribution is 2.32. The second-order valence-corrected chi connectivity index (χ2v) is 7.56. The minimum Gasteiger partial charge on any atom is -0.493 e. The topological polar surface area (TPSA) is 74.4 Å². The number of carbonyl (C=O) groups is 1. The normalized spacial score (nSPS) is 11.4. The number of hydrogen-bond donors (Lipinski definition) is 1. The fourth-order valence-electron chi connectivity index (χ4n) is 3.32. The van der Waals surface area contributed by atoms with Gasteiger partial charge in [0.05, 0.1) is 18.3 Å². The van der Waals surface area contributed by atoms with Gasteiger partial charge in [0, 0.05) is 16.0 Å². The van der Waals surface area contributed by atoms with Crippen LogP contribution in [0.3, 0.4) is 0 Å². The summed E-state index contributed by atoms with van der Waals surface area (Å²) in [6, 6.07) is 24.3. The highest BCUT2D eigenvalue weighted by molar-refractivity contribution is 6.30. The standard InChI is InChI=1S/C26H21ClN2O3/c1-31-25-15-19(22(26(28)30)14-17-6-10-20(27)11-7-17)9-13-24(25)32-16-21-12-8-18-4-2-3-5-23(18)29-21/h2-15H,16H2,1H3,(H2,28,30)/b22-14+. The Morgan fingerprint density at radius 2 is 1.78 bits per heavy atom. The molecule has 0 saturated carbocycles. The Morgan fingerprint density at radius 3 is 2.53 bits per heavy atom. The minimum absolute atomic E-state index is 0.282. The molecule has 0 atom stereocenters. The van der Waals surface area contributed by atoms with Gasteiger partial charge in [-0.2, -0.15) is 0 Å². The Labute approximate surface area is 191 Å². The predicted molar refractivity (Wildman–Crippen MR) is 128 cm³/mol. The molecule has 0 aliphatic heterocycles. The van der Waals surface area contributed by atoms with Crippen LogP contribution in [0.1, 0.15) is 16.8 Å². The average molecular weight is 445 g/mol. The number of ether oxygens (including phenoxy) is 2. The summed E-state index contributed by atoms with van der Waals surface area (Å²) >= 11 is 5.94. The molecule has 0 radical (unpaired) electrons. The molecule has 6 heteroatoms. The molecule has 1 amide bonds. The number of benzene rings is 3. The lowest BCUT2D eigenvalue weighted by atomic mass is 10.0. The van der Waals surface area contributed by atoms with Crippen LogP contribution in [0, 0.1) is 0 Å². The van der Waals surface area contributed by atoms with Gasteiger partial charge in [-0.05, 0) is 53.6 Å². The van der Waals surface area contributed by atoms with E-state index in [0.29, 0.717) is 27.7 Å². The molecule has 0 aliphatic rings. The molecule has 4 rings (SSSR count). The van der Waals surface area contributed by atoms with Gasteiger partial charge in [-0.3, -0.25) is 4.79 Å². The molecule has 0 unspecified atom stereocenters. The fraction of sp³-hybridized carbons (Fsp3) is 0.0769. The molecule has 0 aliphatic carbocycles. The smallest absolute Gasteiger partial charge is 0.249 e. The number of fused-ring (bicyclic) bond motifs is 1. The number of aromatic nitrogens is 1. The van der Waals surface area contributed by atoms with Gasteiger partial charge in [0.2, 0.25) is 5.91 Å². The third-order valence-corrected chi connectivity index (χ3v) is 5.20. The average Bonchev–Trinajstić information content (AvgIpc) is 2.82. The molecular formula is C26H21ClN2O3. The number of methoxy groups -OCH3 is 1. The maximum atomic E-state index is 12.1. The van der Waals surface area contributed by atoms with E-state index in [4.69, 9.17) is 26.8 Å². The highest BCUT2D eigenvalue weighted by atomic mass is 35.5. The predicted octanol–water partition coefficient (Wildman–Crippen LogP) is 5.50. The molecule has 0 bridgehead atoms. The van der Waals surface area contributed by atoms with Crippen molar-refractivity contribution in [3.8, 4) is 11.5 Å². The Balaban J connectivity index is 1.58. The van der Waals surface area contributed by atoms with E-state index in [-0.39, 0.29) is 6.61 Å². The van der Waals surface area contributed by atoms with Gasteiger partial charge in [-0.15, -0.1) is 0 Å². The Kier molecular flexibility index (Phi) is 6.38. The van der Waals surface area contributed by atoms with Crippen molar-refractivity contribution in [2.75, 3.05) is 7.11 Å². The summed E-state index contributed by atoms with van der Waals surface area (Å²) in [6.45, 7) is 0.282. The number of nitrogens with two attached hydrogens (primary N) is 1. The van der Waals surface area contributed by atoms with E-state index in [0.717, 1.165) is 22.2 Å². The van der Waals surface area contributed by atoms with Gasteiger partial charge >= 0.3 is 0 Å². The summed E-state index contributed by atoms with van der Waals surface area (Å²) < 4.78 is 11.5. The molecule has 5 nitrogen and oxygen atoms in total. The maximum absolute atomic E-state index is 12.1. The molecule has 0 fully saturated rings. The van der Waals surface area contributed by atoms with Crippen molar-refractivity contribution in [2.45, 2.75) is 6.61 Å². The van der Waals surface area contributed by atoms with Crippen LogP contribution in [0.15, 0.2) is 78.9 Å². The summed E-state index contributed by atoms with van der Waals surface area (Å²) in [4.78, 5) is 16.7. The van der Waals surface area contributed by atoms with Gasteiger partial charge in [-0.1, -0.05) is 54.1 Å². The van der Waals surface area contributed by atoms with E-state index in [2.05, 4.69) is 4.98 Å². The summed E-state index contributed by atoms with van der Waals surface area (Å²) in [7, 11) is 1.55. The molecule has 32 heavy (non-hydrogen) atoms. The highest BCUT2D eigenvalue weighted by Gasteiger charge is 2.13. The molecule has 4 aromatic rings. The lowest BCUT2D eigenvalue weighted by Crippen LogP contribution is -2.13. The second kappa shape index (κ2) is 9.54. The van der Waals surface area contributed by atoms with E-state index < -0.39 is 5.91 Å². The number of para-hydroxylation sites is 1. The number of rotatable bonds is 7. The lowest BCUT2D eigenvalue weighted by Gasteiger charge is -2.13. The van der Waals surface area contributed by atoms with Gasteiger partial charge < -0.3 is 15.2 Å². The Hall–Kier alpha value is -3.83. The number of amides is 1. The van der Waals surface area contributed by atoms with Crippen LogP contribution in [0.25, 0.3) is 22.6 Å². The van der Waals surface area contributed by atoms with Crippen molar-refractivity contribution >= 4 is 40.1 Å². The largest absolute Gasteiger partial charge is 0.493 e. The number of primary amides is 1. The van der Waals surface area contributed by atoms with Crippen LogP contribution in [0.2, 0.25) is 5.02 Å². The van der Waals surface area contributed by atoms with Crippen molar-refractivity contribution in [3.63, 3.8) is 0 Å². The van der Waals surface area contributed by atoms with Crippen LogP contribution in [0.4, 0.5) is 0 Å². The van der Waals surface area contributed by atoms with Gasteiger partial charge in [-0.25, -0.2) is 4.98 Å². The van der Waals surface area contributed by atoms with Crippen molar-refractivity contribution in [1.29, 1.82) is 0 Å². The summed E-state index contributed by atoms with van der Waals surface area (Å²) in [5.74, 6) is 0.490. The molecule has 1 aromatic heterocycles. The van der Waals surface area contributed by atoms with Gasteiger partial charge in [0.15, 0.2) is 11.5 Å². The molecule has 1 heterocycles. The van der Waals surface area contributed by atoms with Crippen molar-refractivity contribution < 1.29 is 14.3 Å². The lowest BCUT2D eigenvalue weighted by molar-refractivity contribution is -0.112. The van der Waals surface area contributed by atoms with Crippen LogP contribution in [0.5, 0.6) is 11.5 Å². The molecule has 0 spiro atoms. The summed E-state index contributed by atoms with van der Waals surface area (Å²) in [6.07, 6.45) is 1.72. The third kappa shape index (κ3) is 4.90. The van der Waals surface area contributed by atoms with Crippen LogP contribution in [-0.2, 0) is 11.4 Å². The first kappa shape index (κ1) is 21.4. The molecule has 3 aromatic carbocycles. The number of halogens is 1. The van der Waals surface area contributed by atoms with E-state index in [1.165, 1.54) is 0 Å². The van der Waals surface area contributed by atoms with Gasteiger partial charge in [0.1, 0.15) is 6.61 Å². The Morgan fingerprint density at radius 1 is 1.00 bits per heavy atom. The van der Waals surface area contributed by atoms with Crippen LogP contribution in [-0.4, -0.2) is 18.0 Å². The summed E-state index contributed by atoms with van der Waals surface area (Å²) in [5, 5.41) is 1.69. The second-order valence-electron chi connectivity index (χ2n) is 7.12. The first-order valence-corrected chi connectivity index (χ1v) is 10.3. The zero-order valence-electron chi connectivity index (χ0n) is 17.4. The van der Waals surface area contributed by atoms with E-state index >= 15 is 0 Å². The van der Waals surface area contributed by atoms with Crippen molar-refractivity contribution in [2.24, 2.45) is 5.73 Å². The molecule has 2 N–H and O–H groups in total. The Bertz CT molecular complexity index is 1300. The molecule has 160 valence electrons. The van der Waals surface area contributed by atoms with E-state index in [1.54, 1.807) is 43.5 Å². The fourth-order valence-corrected chi connectivity index (χ4v) is 3.44. The quantitative estimate of drug-likeness (QED) is 0.301. The minimum atomic E-state index is -0.545. The van der Waals surface area contributed by atoms with E-state index in [9.17, 15) is 4.79 Å². The molecular weight excluding hydrogens is 424 g/mol. The number of hydrogen-bond acceptors (Lipinski definition) is 4. The van der Waals surface area contributed by atoms with Crippen molar-refractivity contribution in [3.05, 3.63) is 101 Å². The SMILES string of the molecule is COc1cc(/C(=C\c2ccc(Cl)cc2)C(N)=O)ccc1OCc1ccc2ccccc2n1. The van der Waals surface area contributed by atoms with Gasteiger partial charge in [0.25, 0.3) is 0 Å². The van der Waals surface area contributed by atoms with Crippen LogP contribution < -0.4 is 15.2 Å². The first-order valence-electron chi connectivity index (χ1n) is 9.96. The van der Waals surface area contributed by atoms with Crippen molar-refractivity contribution in [1.82, 2.24) is 4.98 Å². The third-order valence-electron chi connectivity index (χ3n) is 4.95. The molecule has 0 saturated heterocycles. The van der Waals surface area contributed by atoms with E-state index in [1.807, 2.05) is 48.5 Å². The first-order chi connectivity index (χ1) is 15.5. The zero-order chi connectivity index (χ0) is 22.5. The number of nitrogens with zero attached hydrogens (tertiary/aromatic N) is 1. The number of pyridine rings is 1. The summed E-state index contributed by atoms with van der Waals surface area (Å²) in [5.41, 5.74) is 9.15. The monoisotopic (exact) mass is 444 g/mol. The zero-order valence-corrected chi connectivity index (χ0v) is 18.2. The van der Waals surface area contributed by atoms with Crippen LogP contribution >= 0.6 is 11.6 Å². The number of carbonyl (C=O) groups excluding carboxylic acids is 1. The maximum Gasteiger partial charge on any atom is 0.249 e.